The van der Waals surface area contributed by atoms with Gasteiger partial charge in [0.15, 0.2) is 6.61 Å². The molecule has 6 heteroatoms. The van der Waals surface area contributed by atoms with Gasteiger partial charge < -0.3 is 4.74 Å². The van der Waals surface area contributed by atoms with Crippen LogP contribution in [0.2, 0.25) is 0 Å². The van der Waals surface area contributed by atoms with E-state index in [0.717, 1.165) is 11.1 Å². The van der Waals surface area contributed by atoms with Gasteiger partial charge in [0.1, 0.15) is 5.75 Å². The monoisotopic (exact) mass is 404 g/mol. The molecule has 2 N–H and O–H groups in total. The minimum absolute atomic E-state index is 0.181. The number of carbonyl (C=O) groups is 2. The molecule has 2 amide bonds. The summed E-state index contributed by atoms with van der Waals surface area (Å²) >= 11 is 3.30. The molecule has 0 aliphatic heterocycles. The Hall–Kier alpha value is -2.34. The van der Waals surface area contributed by atoms with Crippen molar-refractivity contribution >= 4 is 27.7 Å². The second kappa shape index (κ2) is 8.67. The number of rotatable bonds is 5. The van der Waals surface area contributed by atoms with Gasteiger partial charge in [-0.05, 0) is 58.1 Å². The maximum atomic E-state index is 12.0. The Morgan fingerprint density at radius 3 is 2.52 bits per heavy atom. The zero-order valence-corrected chi connectivity index (χ0v) is 16.0. The van der Waals surface area contributed by atoms with E-state index in [0.29, 0.717) is 15.8 Å². The molecule has 0 spiro atoms. The van der Waals surface area contributed by atoms with Crippen LogP contribution in [0.15, 0.2) is 46.9 Å². The molecule has 2 rings (SSSR count). The van der Waals surface area contributed by atoms with Crippen LogP contribution in [0.4, 0.5) is 0 Å². The zero-order valence-electron chi connectivity index (χ0n) is 14.4. The van der Waals surface area contributed by atoms with Crippen LogP contribution in [-0.2, 0) is 4.79 Å². The van der Waals surface area contributed by atoms with Gasteiger partial charge in [0, 0.05) is 4.47 Å². The fourth-order valence-corrected chi connectivity index (χ4v) is 2.73. The quantitative estimate of drug-likeness (QED) is 0.746. The van der Waals surface area contributed by atoms with E-state index in [1.165, 1.54) is 0 Å². The molecular weight excluding hydrogens is 384 g/mol. The van der Waals surface area contributed by atoms with Crippen LogP contribution in [0.5, 0.6) is 5.75 Å². The van der Waals surface area contributed by atoms with Gasteiger partial charge in [-0.15, -0.1) is 0 Å². The van der Waals surface area contributed by atoms with Crippen LogP contribution in [0.3, 0.4) is 0 Å². The fraction of sp³-hybridized carbons (Fsp3) is 0.263. The standard InChI is InChI=1S/C19H21BrN2O3/c1-12(2)14-9-8-13(3)10-17(14)25-11-18(23)21-22-19(24)15-6-4-5-7-16(15)20/h4-10,12H,11H2,1-3H3,(H,21,23)(H,22,24). The van der Waals surface area contributed by atoms with E-state index >= 15 is 0 Å². The normalized spacial score (nSPS) is 10.4. The summed E-state index contributed by atoms with van der Waals surface area (Å²) in [6, 6.07) is 12.9. The first-order chi connectivity index (χ1) is 11.9. The first-order valence-electron chi connectivity index (χ1n) is 7.95. The molecule has 132 valence electrons. The number of ether oxygens (including phenoxy) is 1. The van der Waals surface area contributed by atoms with Crippen molar-refractivity contribution < 1.29 is 14.3 Å². The average molecular weight is 405 g/mol. The lowest BCUT2D eigenvalue weighted by Crippen LogP contribution is -2.44. The van der Waals surface area contributed by atoms with Crippen molar-refractivity contribution in [3.8, 4) is 5.75 Å². The van der Waals surface area contributed by atoms with Gasteiger partial charge in [0.25, 0.3) is 11.8 Å². The van der Waals surface area contributed by atoms with Gasteiger partial charge in [-0.1, -0.05) is 38.1 Å². The minimum atomic E-state index is -0.434. The molecule has 0 saturated carbocycles. The number of amides is 2. The number of carbonyl (C=O) groups excluding carboxylic acids is 2. The first-order valence-corrected chi connectivity index (χ1v) is 8.75. The highest BCUT2D eigenvalue weighted by Gasteiger charge is 2.12. The van der Waals surface area contributed by atoms with Crippen LogP contribution < -0.4 is 15.6 Å². The number of benzene rings is 2. The van der Waals surface area contributed by atoms with Crippen LogP contribution >= 0.6 is 15.9 Å². The molecule has 0 heterocycles. The zero-order chi connectivity index (χ0) is 18.4. The highest BCUT2D eigenvalue weighted by Crippen LogP contribution is 2.27. The summed E-state index contributed by atoms with van der Waals surface area (Å²) in [6.45, 7) is 5.92. The van der Waals surface area contributed by atoms with Crippen LogP contribution in [0, 0.1) is 6.92 Å². The van der Waals surface area contributed by atoms with Crippen LogP contribution in [-0.4, -0.2) is 18.4 Å². The van der Waals surface area contributed by atoms with Crippen molar-refractivity contribution in [3.05, 3.63) is 63.6 Å². The number of hydrazine groups is 1. The molecule has 0 radical (unpaired) electrons. The van der Waals surface area contributed by atoms with Crippen molar-refractivity contribution in [2.75, 3.05) is 6.61 Å². The summed E-state index contributed by atoms with van der Waals surface area (Å²) in [5.74, 6) is 0.131. The largest absolute Gasteiger partial charge is 0.483 e. The molecule has 2 aromatic carbocycles. The topological polar surface area (TPSA) is 67.4 Å². The summed E-state index contributed by atoms with van der Waals surface area (Å²) in [5, 5.41) is 0. The Kier molecular flexibility index (Phi) is 6.58. The van der Waals surface area contributed by atoms with E-state index in [2.05, 4.69) is 40.6 Å². The molecule has 0 unspecified atom stereocenters. The van der Waals surface area contributed by atoms with Gasteiger partial charge in [-0.3, -0.25) is 20.4 Å². The number of halogens is 1. The maximum Gasteiger partial charge on any atom is 0.276 e. The third-order valence-electron chi connectivity index (χ3n) is 3.58. The van der Waals surface area contributed by atoms with E-state index in [9.17, 15) is 9.59 Å². The van der Waals surface area contributed by atoms with Crippen LogP contribution in [0.25, 0.3) is 0 Å². The predicted octanol–water partition coefficient (Wildman–Crippen LogP) is 3.72. The SMILES string of the molecule is Cc1ccc(C(C)C)c(OCC(=O)NNC(=O)c2ccccc2Br)c1. The third-order valence-corrected chi connectivity index (χ3v) is 4.28. The van der Waals surface area contributed by atoms with Gasteiger partial charge in [-0.25, -0.2) is 0 Å². The molecule has 0 aromatic heterocycles. The maximum absolute atomic E-state index is 12.0. The molecule has 0 aliphatic carbocycles. The van der Waals surface area contributed by atoms with E-state index in [1.54, 1.807) is 24.3 Å². The highest BCUT2D eigenvalue weighted by atomic mass is 79.9. The summed E-state index contributed by atoms with van der Waals surface area (Å²) in [5.41, 5.74) is 7.26. The summed E-state index contributed by atoms with van der Waals surface area (Å²) in [7, 11) is 0. The smallest absolute Gasteiger partial charge is 0.276 e. The number of hydrogen-bond donors (Lipinski definition) is 2. The Bertz CT molecular complexity index is 775. The van der Waals surface area contributed by atoms with E-state index in [1.807, 2.05) is 25.1 Å². The summed E-state index contributed by atoms with van der Waals surface area (Å²) < 4.78 is 6.28. The van der Waals surface area contributed by atoms with Gasteiger partial charge in [-0.2, -0.15) is 0 Å². The lowest BCUT2D eigenvalue weighted by molar-refractivity contribution is -0.123. The average Bonchev–Trinajstić information content (AvgIpc) is 2.58. The van der Waals surface area contributed by atoms with Gasteiger partial charge >= 0.3 is 0 Å². The van der Waals surface area contributed by atoms with Crippen molar-refractivity contribution in [3.63, 3.8) is 0 Å². The van der Waals surface area contributed by atoms with Crippen molar-refractivity contribution in [2.45, 2.75) is 26.7 Å². The lowest BCUT2D eigenvalue weighted by atomic mass is 10.0. The third kappa shape index (κ3) is 5.32. The molecule has 25 heavy (non-hydrogen) atoms. The lowest BCUT2D eigenvalue weighted by Gasteiger charge is -2.15. The fourth-order valence-electron chi connectivity index (χ4n) is 2.26. The summed E-state index contributed by atoms with van der Waals surface area (Å²) in [4.78, 5) is 24.0. The second-order valence-corrected chi connectivity index (χ2v) is 6.82. The number of aryl methyl sites for hydroxylation is 1. The summed E-state index contributed by atoms with van der Waals surface area (Å²) in [6.07, 6.45) is 0. The molecule has 0 atom stereocenters. The molecule has 0 saturated heterocycles. The number of hydrogen-bond acceptors (Lipinski definition) is 3. The molecule has 0 aliphatic rings. The van der Waals surface area contributed by atoms with Crippen molar-refractivity contribution in [2.24, 2.45) is 0 Å². The van der Waals surface area contributed by atoms with Crippen LogP contribution in [0.1, 0.15) is 41.3 Å². The predicted molar refractivity (Wildman–Crippen MR) is 101 cm³/mol. The Morgan fingerprint density at radius 1 is 1.12 bits per heavy atom. The molecule has 5 nitrogen and oxygen atoms in total. The minimum Gasteiger partial charge on any atom is -0.483 e. The van der Waals surface area contributed by atoms with Crippen molar-refractivity contribution in [1.82, 2.24) is 10.9 Å². The molecule has 0 bridgehead atoms. The number of nitrogens with one attached hydrogen (secondary N) is 2. The van der Waals surface area contributed by atoms with E-state index < -0.39 is 11.8 Å². The molecule has 2 aromatic rings. The van der Waals surface area contributed by atoms with E-state index in [4.69, 9.17) is 4.74 Å². The van der Waals surface area contributed by atoms with Gasteiger partial charge in [0.05, 0.1) is 5.56 Å². The molecular formula is C19H21BrN2O3. The molecule has 0 fully saturated rings. The Balaban J connectivity index is 1.90. The highest BCUT2D eigenvalue weighted by molar-refractivity contribution is 9.10. The second-order valence-electron chi connectivity index (χ2n) is 5.97. The Labute approximate surface area is 155 Å². The van der Waals surface area contributed by atoms with Crippen molar-refractivity contribution in [1.29, 1.82) is 0 Å². The Morgan fingerprint density at radius 2 is 1.84 bits per heavy atom. The van der Waals surface area contributed by atoms with Gasteiger partial charge in [0.2, 0.25) is 0 Å². The first kappa shape index (κ1) is 19.0. The van der Waals surface area contributed by atoms with E-state index in [-0.39, 0.29) is 12.5 Å².